The lowest BCUT2D eigenvalue weighted by molar-refractivity contribution is -0.870. The summed E-state index contributed by atoms with van der Waals surface area (Å²) >= 11 is 0. The van der Waals surface area contributed by atoms with Crippen molar-refractivity contribution in [3.8, 4) is 0 Å². The molecule has 91 heavy (non-hydrogen) atoms. The van der Waals surface area contributed by atoms with Gasteiger partial charge < -0.3 is 33.3 Å². The van der Waals surface area contributed by atoms with Crippen molar-refractivity contribution in [2.75, 3.05) is 47.5 Å². The molecule has 0 N–H and O–H groups in total. The van der Waals surface area contributed by atoms with Gasteiger partial charge in [0.15, 0.2) is 12.4 Å². The van der Waals surface area contributed by atoms with E-state index in [2.05, 4.69) is 220 Å². The van der Waals surface area contributed by atoms with Crippen LogP contribution in [0.5, 0.6) is 0 Å². The van der Waals surface area contributed by atoms with Crippen LogP contribution in [0, 0.1) is 0 Å². The quantitative estimate of drug-likeness (QED) is 0.0195. The zero-order chi connectivity index (χ0) is 66.1. The standard InChI is InChI=1S/C82H127NO8/c1-6-8-10-12-14-16-18-20-22-24-26-28-30-32-33-34-35-36-37-38-39-40-41-42-43-44-45-46-47-49-51-53-55-57-59-61-63-65-67-69-71-73-80(85)91-78(77-90-82(81(86)87)88-75-74-83(3,4)5)76-89-79(84)72-70-68-66-64-62-60-58-56-54-52-50-48-31-29-27-25-23-21-19-17-15-13-11-9-7-2/h8-11,14-17,20-23,26-29,32-33,35-36,38-39,41-42,44-45,47-50,54,56,60,62,78,82H,6-7,12-13,18-19,24-25,30-31,34,37,40,43,46,51-53,55,57-59,61,63-77H2,1-5H3/b10-8-,11-9-,16-14-,17-15-,22-20-,23-21-,28-26-,29-27-,33-32-,36-35-,39-38-,42-41-,45-44-,49-47-,50-48-,56-54-,62-60-. The second kappa shape index (κ2) is 69.8. The second-order valence-electron chi connectivity index (χ2n) is 23.7. The Bertz CT molecular complexity index is 2250. The number of nitrogens with zero attached hydrogens (tertiary/aromatic N) is 1. The SMILES string of the molecule is CC/C=C\C/C=C\C/C=C\C/C=C\C/C=C\C/C=C\C/C=C\C/C=C\C/C=C\C/C=C\CCCCCCCCCCCCC(=O)OC(COC(=O)CCCCC/C=C\C/C=C\C/C=C\C/C=C\C/C=C\C/C=C\C/C=C\CC)COC(OCC[N+](C)(C)C)C(=O)[O-]. The van der Waals surface area contributed by atoms with E-state index >= 15 is 0 Å². The average Bonchev–Trinajstić information content (AvgIpc) is 3.53. The van der Waals surface area contributed by atoms with Crippen LogP contribution in [0.1, 0.15) is 232 Å². The summed E-state index contributed by atoms with van der Waals surface area (Å²) in [5.41, 5.74) is 0. The van der Waals surface area contributed by atoms with Crippen molar-refractivity contribution in [1.82, 2.24) is 0 Å². The number of quaternary nitrogens is 1. The van der Waals surface area contributed by atoms with Gasteiger partial charge in [-0.3, -0.25) is 9.59 Å². The molecule has 0 spiro atoms. The predicted octanol–water partition coefficient (Wildman–Crippen LogP) is 21.0. The van der Waals surface area contributed by atoms with Gasteiger partial charge in [0.25, 0.3) is 0 Å². The summed E-state index contributed by atoms with van der Waals surface area (Å²) in [5, 5.41) is 11.8. The van der Waals surface area contributed by atoms with Gasteiger partial charge in [0.1, 0.15) is 13.2 Å². The molecular formula is C82H127NO8. The van der Waals surface area contributed by atoms with Crippen molar-refractivity contribution in [3.63, 3.8) is 0 Å². The van der Waals surface area contributed by atoms with E-state index in [1.165, 1.54) is 38.5 Å². The number of esters is 2. The molecule has 9 heteroatoms. The maximum Gasteiger partial charge on any atom is 0.306 e. The average molecular weight is 1250 g/mol. The fraction of sp³-hybridized carbons (Fsp3) is 0.549. The summed E-state index contributed by atoms with van der Waals surface area (Å²) in [6, 6.07) is 0. The Kier molecular flexibility index (Phi) is 65.1. The van der Waals surface area contributed by atoms with Crippen molar-refractivity contribution in [2.24, 2.45) is 0 Å². The van der Waals surface area contributed by atoms with E-state index in [9.17, 15) is 19.5 Å². The minimum atomic E-state index is -1.65. The minimum Gasteiger partial charge on any atom is -0.545 e. The zero-order valence-corrected chi connectivity index (χ0v) is 57.9. The highest BCUT2D eigenvalue weighted by Crippen LogP contribution is 2.14. The van der Waals surface area contributed by atoms with Crippen LogP contribution in [0.4, 0.5) is 0 Å². The normalized spacial score (nSPS) is 14.0. The molecule has 0 aliphatic carbocycles. The summed E-state index contributed by atoms with van der Waals surface area (Å²) < 4.78 is 22.7. The van der Waals surface area contributed by atoms with Crippen LogP contribution < -0.4 is 5.11 Å². The molecule has 0 saturated carbocycles. The molecule has 0 amide bonds. The Morgan fingerprint density at radius 3 is 0.890 bits per heavy atom. The molecule has 508 valence electrons. The lowest BCUT2D eigenvalue weighted by Crippen LogP contribution is -2.44. The minimum absolute atomic E-state index is 0.130. The van der Waals surface area contributed by atoms with Crippen LogP contribution in [0.25, 0.3) is 0 Å². The Balaban J connectivity index is 4.23. The highest BCUT2D eigenvalue weighted by atomic mass is 16.7. The summed E-state index contributed by atoms with van der Waals surface area (Å²) in [7, 11) is 5.90. The first-order valence-corrected chi connectivity index (χ1v) is 35.2. The summed E-state index contributed by atoms with van der Waals surface area (Å²) in [6.45, 7) is 4.45. The molecule has 0 heterocycles. The van der Waals surface area contributed by atoms with Gasteiger partial charge in [0.2, 0.25) is 0 Å². The largest absolute Gasteiger partial charge is 0.545 e. The van der Waals surface area contributed by atoms with Crippen LogP contribution >= 0.6 is 0 Å². The number of rotatable bonds is 62. The molecule has 9 nitrogen and oxygen atoms in total. The van der Waals surface area contributed by atoms with Crippen molar-refractivity contribution in [1.29, 1.82) is 0 Å². The highest BCUT2D eigenvalue weighted by Gasteiger charge is 2.22. The van der Waals surface area contributed by atoms with Crippen LogP contribution in [0.3, 0.4) is 0 Å². The molecule has 0 aliphatic heterocycles. The van der Waals surface area contributed by atoms with E-state index in [-0.39, 0.29) is 32.7 Å². The van der Waals surface area contributed by atoms with Gasteiger partial charge in [-0.1, -0.05) is 278 Å². The number of unbranched alkanes of at least 4 members (excludes halogenated alkanes) is 13. The number of ether oxygens (including phenoxy) is 4. The highest BCUT2D eigenvalue weighted by molar-refractivity contribution is 5.70. The van der Waals surface area contributed by atoms with Gasteiger partial charge in [-0.25, -0.2) is 0 Å². The topological polar surface area (TPSA) is 111 Å². The van der Waals surface area contributed by atoms with Crippen LogP contribution in [0.15, 0.2) is 207 Å². The molecule has 0 bridgehead atoms. The van der Waals surface area contributed by atoms with E-state index in [0.29, 0.717) is 23.9 Å². The van der Waals surface area contributed by atoms with E-state index in [1.54, 1.807) is 0 Å². The van der Waals surface area contributed by atoms with E-state index in [1.807, 2.05) is 21.1 Å². The number of likely N-dealkylation sites (N-methyl/N-ethyl adjacent to an activating group) is 1. The predicted molar refractivity (Wildman–Crippen MR) is 388 cm³/mol. The van der Waals surface area contributed by atoms with Crippen molar-refractivity contribution >= 4 is 17.9 Å². The number of carbonyl (C=O) groups excluding carboxylic acids is 3. The van der Waals surface area contributed by atoms with Crippen molar-refractivity contribution < 1.29 is 42.9 Å². The molecule has 0 aliphatic rings. The van der Waals surface area contributed by atoms with Crippen LogP contribution in [0.2, 0.25) is 0 Å². The number of aliphatic carboxylic acids is 1. The Morgan fingerprint density at radius 2 is 0.593 bits per heavy atom. The van der Waals surface area contributed by atoms with Crippen molar-refractivity contribution in [2.45, 2.75) is 245 Å². The maximum absolute atomic E-state index is 12.9. The number of allylic oxidation sites excluding steroid dienone is 34. The number of carboxylic acid groups (broad SMARTS) is 1. The van der Waals surface area contributed by atoms with Gasteiger partial charge >= 0.3 is 11.9 Å². The Morgan fingerprint density at radius 1 is 0.330 bits per heavy atom. The van der Waals surface area contributed by atoms with E-state index < -0.39 is 30.3 Å². The molecule has 2 unspecified atom stereocenters. The first-order valence-electron chi connectivity index (χ1n) is 35.2. The van der Waals surface area contributed by atoms with Crippen LogP contribution in [-0.4, -0.2) is 82.3 Å². The van der Waals surface area contributed by atoms with Crippen molar-refractivity contribution in [3.05, 3.63) is 207 Å². The number of hydrogen-bond donors (Lipinski definition) is 0. The Labute approximate surface area is 556 Å². The lowest BCUT2D eigenvalue weighted by Gasteiger charge is -2.26. The molecule has 0 saturated heterocycles. The van der Waals surface area contributed by atoms with Gasteiger partial charge in [0.05, 0.1) is 40.3 Å². The van der Waals surface area contributed by atoms with Gasteiger partial charge in [-0.15, -0.1) is 0 Å². The molecule has 0 aromatic carbocycles. The molecule has 0 radical (unpaired) electrons. The summed E-state index contributed by atoms with van der Waals surface area (Å²) in [4.78, 5) is 37.5. The molecular weight excluding hydrogens is 1130 g/mol. The second-order valence-corrected chi connectivity index (χ2v) is 23.7. The zero-order valence-electron chi connectivity index (χ0n) is 57.9. The smallest absolute Gasteiger partial charge is 0.306 e. The fourth-order valence-corrected chi connectivity index (χ4v) is 8.72. The van der Waals surface area contributed by atoms with Crippen LogP contribution in [-0.2, 0) is 33.3 Å². The van der Waals surface area contributed by atoms with E-state index in [0.717, 1.165) is 154 Å². The third-order valence-corrected chi connectivity index (χ3v) is 14.0. The fourth-order valence-electron chi connectivity index (χ4n) is 8.72. The van der Waals surface area contributed by atoms with Gasteiger partial charge in [-0.05, 0) is 148 Å². The first-order chi connectivity index (χ1) is 44.6. The third kappa shape index (κ3) is 71.2. The number of carboxylic acids is 1. The summed E-state index contributed by atoms with van der Waals surface area (Å²) in [5.74, 6) is -2.36. The van der Waals surface area contributed by atoms with Gasteiger partial charge in [-0.2, -0.15) is 0 Å². The molecule has 0 fully saturated rings. The number of carbonyl (C=O) groups is 3. The monoisotopic (exact) mass is 1250 g/mol. The molecule has 0 aromatic rings. The lowest BCUT2D eigenvalue weighted by atomic mass is 10.0. The Hall–Kier alpha value is -6.13. The molecule has 0 aromatic heterocycles. The maximum atomic E-state index is 12.9. The summed E-state index contributed by atoms with van der Waals surface area (Å²) in [6.07, 6.45) is 106. The van der Waals surface area contributed by atoms with E-state index in [4.69, 9.17) is 18.9 Å². The third-order valence-electron chi connectivity index (χ3n) is 14.0. The molecule has 0 rings (SSSR count). The first kappa shape index (κ1) is 84.9. The number of hydrogen-bond acceptors (Lipinski definition) is 8. The van der Waals surface area contributed by atoms with Gasteiger partial charge in [0, 0.05) is 12.8 Å². The molecule has 2 atom stereocenters.